The van der Waals surface area contributed by atoms with Crippen molar-refractivity contribution in [3.8, 4) is 0 Å². The van der Waals surface area contributed by atoms with Crippen molar-refractivity contribution in [1.82, 2.24) is 4.90 Å². The maximum atomic E-state index is 13.0. The number of thiophene rings is 1. The summed E-state index contributed by atoms with van der Waals surface area (Å²) in [5.74, 6) is -0.499. The van der Waals surface area contributed by atoms with Crippen LogP contribution >= 0.6 is 11.3 Å². The lowest BCUT2D eigenvalue weighted by Crippen LogP contribution is -2.55. The van der Waals surface area contributed by atoms with Crippen LogP contribution in [0.25, 0.3) is 0 Å². The zero-order valence-corrected chi connectivity index (χ0v) is 12.3. The summed E-state index contributed by atoms with van der Waals surface area (Å²) in [6, 6.07) is 7.32. The van der Waals surface area contributed by atoms with Crippen molar-refractivity contribution in [2.24, 2.45) is 0 Å². The minimum absolute atomic E-state index is 0.0633. The Morgan fingerprint density at radius 3 is 2.82 bits per heavy atom. The molecule has 2 heterocycles. The van der Waals surface area contributed by atoms with Crippen LogP contribution in [0.1, 0.15) is 10.4 Å². The van der Waals surface area contributed by atoms with Crippen LogP contribution in [0.15, 0.2) is 41.1 Å². The second kappa shape index (κ2) is 6.15. The number of carbonyl (C=O) groups excluding carboxylic acids is 2. The molecule has 5 nitrogen and oxygen atoms in total. The summed E-state index contributed by atoms with van der Waals surface area (Å²) in [5, 5.41) is 6.08. The van der Waals surface area contributed by atoms with Gasteiger partial charge >= 0.3 is 6.09 Å². The Labute approximate surface area is 130 Å². The summed E-state index contributed by atoms with van der Waals surface area (Å²) in [6.07, 6.45) is -0.991. The van der Waals surface area contributed by atoms with Crippen molar-refractivity contribution in [3.05, 3.63) is 52.5 Å². The van der Waals surface area contributed by atoms with Crippen molar-refractivity contribution >= 4 is 29.0 Å². The van der Waals surface area contributed by atoms with Crippen LogP contribution in [0.4, 0.5) is 14.9 Å². The Kier molecular flexibility index (Phi) is 4.06. The zero-order valence-electron chi connectivity index (χ0n) is 11.5. The molecule has 0 unspecified atom stereocenters. The number of rotatable bonds is 3. The summed E-state index contributed by atoms with van der Waals surface area (Å²) < 4.78 is 18.2. The Morgan fingerprint density at radius 1 is 1.32 bits per heavy atom. The fraction of sp³-hybridized carbons (Fsp3) is 0.200. The number of likely N-dealkylation sites (tertiary alicyclic amines) is 1. The molecule has 2 amide bonds. The van der Waals surface area contributed by atoms with E-state index in [0.717, 1.165) is 0 Å². The van der Waals surface area contributed by atoms with Crippen LogP contribution in [0.3, 0.4) is 0 Å². The van der Waals surface area contributed by atoms with Gasteiger partial charge in [0.05, 0.1) is 18.7 Å². The molecule has 0 aliphatic carbocycles. The van der Waals surface area contributed by atoms with E-state index in [-0.39, 0.29) is 12.0 Å². The average Bonchev–Trinajstić information content (AvgIpc) is 2.96. The minimum atomic E-state index is -0.654. The van der Waals surface area contributed by atoms with E-state index >= 15 is 0 Å². The molecule has 1 aromatic carbocycles. The highest BCUT2D eigenvalue weighted by Gasteiger charge is 2.34. The van der Waals surface area contributed by atoms with E-state index in [2.05, 4.69) is 5.32 Å². The summed E-state index contributed by atoms with van der Waals surface area (Å²) in [6.45, 7) is 0.733. The molecule has 1 N–H and O–H groups in total. The molecule has 0 atom stereocenters. The number of nitrogens with zero attached hydrogens (tertiary/aromatic N) is 1. The maximum absolute atomic E-state index is 13.0. The Balaban J connectivity index is 1.46. The zero-order chi connectivity index (χ0) is 15.5. The third-order valence-electron chi connectivity index (χ3n) is 3.25. The van der Waals surface area contributed by atoms with Gasteiger partial charge in [-0.3, -0.25) is 10.1 Å². The molecule has 3 rings (SSSR count). The molecule has 1 aromatic heterocycles. The standard InChI is InChI=1S/C15H13FN2O3S/c16-11-2-1-3-12(6-11)17-15(20)21-13-7-18(8-13)14(19)10-4-5-22-9-10/h1-6,9,13H,7-8H2,(H,17,20). The lowest BCUT2D eigenvalue weighted by molar-refractivity contribution is -0.00201. The molecule has 0 saturated carbocycles. The van der Waals surface area contributed by atoms with Crippen LogP contribution < -0.4 is 5.32 Å². The van der Waals surface area contributed by atoms with Crippen molar-refractivity contribution in [2.75, 3.05) is 18.4 Å². The van der Waals surface area contributed by atoms with Crippen LogP contribution in [-0.2, 0) is 4.74 Å². The topological polar surface area (TPSA) is 58.6 Å². The van der Waals surface area contributed by atoms with E-state index in [1.807, 2.05) is 5.38 Å². The molecule has 7 heteroatoms. The van der Waals surface area contributed by atoms with Crippen molar-refractivity contribution in [3.63, 3.8) is 0 Å². The van der Waals surface area contributed by atoms with E-state index in [1.165, 1.54) is 29.5 Å². The average molecular weight is 320 g/mol. The number of halogens is 1. The van der Waals surface area contributed by atoms with Crippen LogP contribution in [0, 0.1) is 5.82 Å². The smallest absolute Gasteiger partial charge is 0.412 e. The number of amides is 2. The van der Waals surface area contributed by atoms with Gasteiger partial charge in [0.1, 0.15) is 11.9 Å². The highest BCUT2D eigenvalue weighted by atomic mass is 32.1. The van der Waals surface area contributed by atoms with Gasteiger partial charge in [-0.2, -0.15) is 11.3 Å². The van der Waals surface area contributed by atoms with Gasteiger partial charge in [0.2, 0.25) is 0 Å². The van der Waals surface area contributed by atoms with E-state index in [4.69, 9.17) is 4.74 Å². The first kappa shape index (κ1) is 14.5. The third-order valence-corrected chi connectivity index (χ3v) is 3.93. The largest absolute Gasteiger partial charge is 0.442 e. The summed E-state index contributed by atoms with van der Waals surface area (Å²) in [5.41, 5.74) is 0.975. The van der Waals surface area contributed by atoms with Crippen LogP contribution in [-0.4, -0.2) is 36.1 Å². The van der Waals surface area contributed by atoms with Crippen LogP contribution in [0.5, 0.6) is 0 Å². The van der Waals surface area contributed by atoms with Gasteiger partial charge in [0.15, 0.2) is 0 Å². The fourth-order valence-electron chi connectivity index (χ4n) is 2.11. The van der Waals surface area contributed by atoms with Gasteiger partial charge in [-0.15, -0.1) is 0 Å². The number of hydrogen-bond acceptors (Lipinski definition) is 4. The number of benzene rings is 1. The molecule has 1 aliphatic rings. The molecule has 2 aromatic rings. The predicted octanol–water partition coefficient (Wildman–Crippen LogP) is 2.96. The summed E-state index contributed by atoms with van der Waals surface area (Å²) in [7, 11) is 0. The number of ether oxygens (including phenoxy) is 1. The highest BCUT2D eigenvalue weighted by Crippen LogP contribution is 2.18. The molecule has 0 spiro atoms. The van der Waals surface area contributed by atoms with Gasteiger partial charge in [-0.25, -0.2) is 9.18 Å². The first-order chi connectivity index (χ1) is 10.6. The minimum Gasteiger partial charge on any atom is -0.442 e. The SMILES string of the molecule is O=C(Nc1cccc(F)c1)OC1CN(C(=O)c2ccsc2)C1. The van der Waals surface area contributed by atoms with E-state index in [9.17, 15) is 14.0 Å². The fourth-order valence-corrected chi connectivity index (χ4v) is 2.74. The predicted molar refractivity (Wildman–Crippen MR) is 80.5 cm³/mol. The molecule has 22 heavy (non-hydrogen) atoms. The number of nitrogens with one attached hydrogen (secondary N) is 1. The summed E-state index contributed by atoms with van der Waals surface area (Å²) >= 11 is 1.46. The molecule has 0 radical (unpaired) electrons. The van der Waals surface area contributed by atoms with Gasteiger partial charge in [-0.05, 0) is 29.6 Å². The van der Waals surface area contributed by atoms with Gasteiger partial charge in [0.25, 0.3) is 5.91 Å². The summed E-state index contributed by atoms with van der Waals surface area (Å²) in [4.78, 5) is 25.3. The van der Waals surface area contributed by atoms with E-state index in [1.54, 1.807) is 22.4 Å². The number of anilines is 1. The van der Waals surface area contributed by atoms with Crippen molar-refractivity contribution < 1.29 is 18.7 Å². The van der Waals surface area contributed by atoms with Crippen LogP contribution in [0.2, 0.25) is 0 Å². The number of hydrogen-bond donors (Lipinski definition) is 1. The maximum Gasteiger partial charge on any atom is 0.412 e. The monoisotopic (exact) mass is 320 g/mol. The molecule has 1 saturated heterocycles. The quantitative estimate of drug-likeness (QED) is 0.946. The molecular weight excluding hydrogens is 307 g/mol. The lowest BCUT2D eigenvalue weighted by Gasteiger charge is -2.38. The van der Waals surface area contributed by atoms with E-state index in [0.29, 0.717) is 24.3 Å². The molecular formula is C15H13FN2O3S. The number of carbonyl (C=O) groups is 2. The highest BCUT2D eigenvalue weighted by molar-refractivity contribution is 7.08. The van der Waals surface area contributed by atoms with Crippen molar-refractivity contribution in [2.45, 2.75) is 6.10 Å². The molecule has 0 bridgehead atoms. The van der Waals surface area contributed by atoms with Crippen molar-refractivity contribution in [1.29, 1.82) is 0 Å². The normalized spacial score (nSPS) is 14.3. The second-order valence-electron chi connectivity index (χ2n) is 4.88. The Hall–Kier alpha value is -2.41. The van der Waals surface area contributed by atoms with Gasteiger partial charge in [0, 0.05) is 11.1 Å². The molecule has 1 aliphatic heterocycles. The van der Waals surface area contributed by atoms with Gasteiger partial charge in [-0.1, -0.05) is 6.07 Å². The van der Waals surface area contributed by atoms with E-state index < -0.39 is 11.9 Å². The first-order valence-corrected chi connectivity index (χ1v) is 7.61. The first-order valence-electron chi connectivity index (χ1n) is 6.66. The molecule has 114 valence electrons. The lowest BCUT2D eigenvalue weighted by atomic mass is 10.1. The third kappa shape index (κ3) is 3.25. The second-order valence-corrected chi connectivity index (χ2v) is 5.66. The Morgan fingerprint density at radius 2 is 2.14 bits per heavy atom. The molecule has 1 fully saturated rings. The Bertz CT molecular complexity index is 684. The van der Waals surface area contributed by atoms with Gasteiger partial charge < -0.3 is 9.64 Å².